The Balaban J connectivity index is 1.80. The molecule has 178 valence electrons. The fraction of sp³-hybridized carbons (Fsp3) is 0.615. The second kappa shape index (κ2) is 14.8. The minimum absolute atomic E-state index is 0.0180. The molecule has 0 spiro atoms. The summed E-state index contributed by atoms with van der Waals surface area (Å²) >= 11 is 0. The predicted octanol–water partition coefficient (Wildman–Crippen LogP) is 3.98. The van der Waals surface area contributed by atoms with Gasteiger partial charge in [-0.05, 0) is 63.4 Å². The third kappa shape index (κ3) is 9.13. The Morgan fingerprint density at radius 3 is 2.69 bits per heavy atom. The number of allylic oxidation sites excluding steroid dienone is 2. The summed E-state index contributed by atoms with van der Waals surface area (Å²) in [5.74, 6) is -0.168. The van der Waals surface area contributed by atoms with Crippen LogP contribution < -0.4 is 0 Å². The van der Waals surface area contributed by atoms with Gasteiger partial charge in [-0.3, -0.25) is 9.59 Å². The smallest absolute Gasteiger partial charge is 0.305 e. The second-order valence-corrected chi connectivity index (χ2v) is 8.56. The first-order chi connectivity index (χ1) is 15.5. The molecule has 1 saturated carbocycles. The monoisotopic (exact) mass is 446 g/mol. The molecule has 0 radical (unpaired) electrons. The van der Waals surface area contributed by atoms with Crippen molar-refractivity contribution in [2.24, 2.45) is 11.8 Å². The van der Waals surface area contributed by atoms with Gasteiger partial charge in [0.05, 0.1) is 18.8 Å². The SMILES string of the molecule is CCOC(=O)CCC/C=C\C[C@@H]1[C@@H](CC[C@@H](O)CCc2ccccc2)[C@H](O)C[C@@H]1OC=O. The van der Waals surface area contributed by atoms with Crippen LogP contribution in [-0.4, -0.2) is 47.6 Å². The van der Waals surface area contributed by atoms with Gasteiger partial charge in [-0.1, -0.05) is 42.5 Å². The van der Waals surface area contributed by atoms with Crippen LogP contribution in [0.15, 0.2) is 42.5 Å². The van der Waals surface area contributed by atoms with E-state index in [1.54, 1.807) is 6.92 Å². The molecular formula is C26H38O6. The number of hydrogen-bond donors (Lipinski definition) is 2. The van der Waals surface area contributed by atoms with Gasteiger partial charge >= 0.3 is 5.97 Å². The largest absolute Gasteiger partial charge is 0.466 e. The Morgan fingerprint density at radius 2 is 1.97 bits per heavy atom. The number of esters is 1. The maximum absolute atomic E-state index is 11.4. The molecule has 0 aromatic heterocycles. The van der Waals surface area contributed by atoms with Gasteiger partial charge in [0.2, 0.25) is 0 Å². The second-order valence-electron chi connectivity index (χ2n) is 8.56. The number of hydrogen-bond acceptors (Lipinski definition) is 6. The summed E-state index contributed by atoms with van der Waals surface area (Å²) in [6.45, 7) is 2.66. The van der Waals surface area contributed by atoms with Crippen molar-refractivity contribution in [1.29, 1.82) is 0 Å². The van der Waals surface area contributed by atoms with E-state index in [0.29, 0.717) is 51.6 Å². The minimum atomic E-state index is -0.538. The molecule has 32 heavy (non-hydrogen) atoms. The van der Waals surface area contributed by atoms with Crippen LogP contribution in [0.2, 0.25) is 0 Å². The number of aliphatic hydroxyl groups excluding tert-OH is 2. The molecule has 1 aliphatic carbocycles. The van der Waals surface area contributed by atoms with Crippen molar-refractivity contribution in [1.82, 2.24) is 0 Å². The van der Waals surface area contributed by atoms with Crippen molar-refractivity contribution in [2.45, 2.75) is 83.0 Å². The number of benzene rings is 1. The third-order valence-corrected chi connectivity index (χ3v) is 6.30. The topological polar surface area (TPSA) is 93.1 Å². The summed E-state index contributed by atoms with van der Waals surface area (Å²) < 4.78 is 10.2. The van der Waals surface area contributed by atoms with Crippen LogP contribution in [-0.2, 0) is 25.5 Å². The lowest BCUT2D eigenvalue weighted by Crippen LogP contribution is -2.24. The highest BCUT2D eigenvalue weighted by Crippen LogP contribution is 2.40. The Kier molecular flexibility index (Phi) is 12.1. The lowest BCUT2D eigenvalue weighted by atomic mass is 9.85. The van der Waals surface area contributed by atoms with E-state index in [-0.39, 0.29) is 23.9 Å². The van der Waals surface area contributed by atoms with Gasteiger partial charge in [-0.25, -0.2) is 0 Å². The summed E-state index contributed by atoms with van der Waals surface area (Å²) in [4.78, 5) is 22.3. The van der Waals surface area contributed by atoms with Gasteiger partial charge in [0, 0.05) is 18.8 Å². The van der Waals surface area contributed by atoms with Gasteiger partial charge in [0.1, 0.15) is 6.10 Å². The van der Waals surface area contributed by atoms with Crippen molar-refractivity contribution in [3.05, 3.63) is 48.0 Å². The van der Waals surface area contributed by atoms with E-state index in [1.165, 1.54) is 5.56 Å². The van der Waals surface area contributed by atoms with E-state index in [9.17, 15) is 19.8 Å². The Morgan fingerprint density at radius 1 is 1.19 bits per heavy atom. The molecular weight excluding hydrogens is 408 g/mol. The molecule has 1 aromatic carbocycles. The van der Waals surface area contributed by atoms with Crippen molar-refractivity contribution >= 4 is 12.4 Å². The molecule has 6 heteroatoms. The Labute approximate surface area is 191 Å². The lowest BCUT2D eigenvalue weighted by Gasteiger charge is -2.24. The molecule has 2 rings (SSSR count). The van der Waals surface area contributed by atoms with Crippen molar-refractivity contribution in [3.8, 4) is 0 Å². The molecule has 0 heterocycles. The van der Waals surface area contributed by atoms with Crippen LogP contribution in [0.1, 0.15) is 63.9 Å². The molecule has 1 aromatic rings. The Bertz CT molecular complexity index is 689. The van der Waals surface area contributed by atoms with Crippen molar-refractivity contribution in [3.63, 3.8) is 0 Å². The van der Waals surface area contributed by atoms with Crippen LogP contribution in [0.5, 0.6) is 0 Å². The molecule has 0 amide bonds. The van der Waals surface area contributed by atoms with Gasteiger partial charge in [0.25, 0.3) is 6.47 Å². The van der Waals surface area contributed by atoms with Gasteiger partial charge in [-0.2, -0.15) is 0 Å². The molecule has 6 nitrogen and oxygen atoms in total. The molecule has 2 N–H and O–H groups in total. The third-order valence-electron chi connectivity index (χ3n) is 6.30. The summed E-state index contributed by atoms with van der Waals surface area (Å²) in [5.41, 5.74) is 1.21. The maximum Gasteiger partial charge on any atom is 0.305 e. The number of ether oxygens (including phenoxy) is 2. The fourth-order valence-electron chi connectivity index (χ4n) is 4.59. The van der Waals surface area contributed by atoms with Crippen LogP contribution in [0, 0.1) is 11.8 Å². The Hall–Kier alpha value is -2.18. The van der Waals surface area contributed by atoms with Crippen molar-refractivity contribution in [2.75, 3.05) is 6.61 Å². The summed E-state index contributed by atoms with van der Waals surface area (Å²) in [6.07, 6.45) is 8.67. The molecule has 1 fully saturated rings. The van der Waals surface area contributed by atoms with Gasteiger partial charge < -0.3 is 19.7 Å². The quantitative estimate of drug-likeness (QED) is 0.183. The molecule has 0 unspecified atom stereocenters. The van der Waals surface area contributed by atoms with Gasteiger partial charge in [-0.15, -0.1) is 0 Å². The average molecular weight is 447 g/mol. The van der Waals surface area contributed by atoms with E-state index in [2.05, 4.69) is 12.1 Å². The summed E-state index contributed by atoms with van der Waals surface area (Å²) in [6, 6.07) is 10.1. The van der Waals surface area contributed by atoms with Crippen LogP contribution in [0.25, 0.3) is 0 Å². The van der Waals surface area contributed by atoms with E-state index >= 15 is 0 Å². The lowest BCUT2D eigenvalue weighted by molar-refractivity contribution is -0.143. The normalized spacial score (nSPS) is 23.8. The molecule has 1 aliphatic rings. The molecule has 0 saturated heterocycles. The number of aliphatic hydroxyl groups is 2. The summed E-state index contributed by atoms with van der Waals surface area (Å²) in [5, 5.41) is 21.0. The summed E-state index contributed by atoms with van der Waals surface area (Å²) in [7, 11) is 0. The first-order valence-electron chi connectivity index (χ1n) is 11.8. The van der Waals surface area contributed by atoms with E-state index in [4.69, 9.17) is 9.47 Å². The van der Waals surface area contributed by atoms with E-state index in [0.717, 1.165) is 19.3 Å². The van der Waals surface area contributed by atoms with Crippen LogP contribution in [0.4, 0.5) is 0 Å². The predicted molar refractivity (Wildman–Crippen MR) is 123 cm³/mol. The zero-order chi connectivity index (χ0) is 23.2. The molecule has 5 atom stereocenters. The number of carbonyl (C=O) groups excluding carboxylic acids is 2. The highest BCUT2D eigenvalue weighted by atomic mass is 16.5. The fourth-order valence-corrected chi connectivity index (χ4v) is 4.59. The molecule has 0 bridgehead atoms. The van der Waals surface area contributed by atoms with E-state index < -0.39 is 12.2 Å². The zero-order valence-electron chi connectivity index (χ0n) is 19.1. The number of unbranched alkanes of at least 4 members (excludes halogenated alkanes) is 1. The standard InChI is InChI=1S/C26H38O6/c1-2-31-26(30)13-9-4-3-8-12-23-22(24(29)18-25(23)32-19-27)17-16-21(28)15-14-20-10-6-5-7-11-20/h3,5-8,10-11,19,21-25,28-29H,2,4,9,12-18H2,1H3/b8-3-/t21-,22+,23+,24+,25-/m0/s1. The highest BCUT2D eigenvalue weighted by molar-refractivity contribution is 5.69. The highest BCUT2D eigenvalue weighted by Gasteiger charge is 2.42. The first kappa shape index (κ1) is 26.1. The van der Waals surface area contributed by atoms with E-state index in [1.807, 2.05) is 30.4 Å². The van der Waals surface area contributed by atoms with Gasteiger partial charge in [0.15, 0.2) is 0 Å². The zero-order valence-corrected chi connectivity index (χ0v) is 19.1. The molecule has 0 aliphatic heterocycles. The van der Waals surface area contributed by atoms with Crippen LogP contribution >= 0.6 is 0 Å². The van der Waals surface area contributed by atoms with Crippen molar-refractivity contribution < 1.29 is 29.3 Å². The number of rotatable bonds is 15. The first-order valence-corrected chi connectivity index (χ1v) is 11.8. The number of aryl methyl sites for hydroxylation is 1. The average Bonchev–Trinajstić information content (AvgIpc) is 3.08. The minimum Gasteiger partial charge on any atom is -0.466 e. The van der Waals surface area contributed by atoms with Crippen LogP contribution in [0.3, 0.4) is 0 Å². The number of carbonyl (C=O) groups is 2. The maximum atomic E-state index is 11.4.